The smallest absolute Gasteiger partial charge is 0.193 e. The van der Waals surface area contributed by atoms with Gasteiger partial charge in [-0.25, -0.2) is 5.43 Å². The van der Waals surface area contributed by atoms with E-state index < -0.39 is 0 Å². The lowest BCUT2D eigenvalue weighted by atomic mass is 10.1. The van der Waals surface area contributed by atoms with Crippen molar-refractivity contribution in [3.63, 3.8) is 0 Å². The van der Waals surface area contributed by atoms with E-state index in [1.165, 1.54) is 0 Å². The summed E-state index contributed by atoms with van der Waals surface area (Å²) in [6, 6.07) is 5.23. The Labute approximate surface area is 98.4 Å². The third-order valence-corrected chi connectivity index (χ3v) is 2.48. The number of rotatable bonds is 3. The summed E-state index contributed by atoms with van der Waals surface area (Å²) < 4.78 is 5.33. The van der Waals surface area contributed by atoms with Crippen molar-refractivity contribution in [2.24, 2.45) is 5.84 Å². The van der Waals surface area contributed by atoms with E-state index in [4.69, 9.17) is 21.9 Å². The van der Waals surface area contributed by atoms with E-state index in [0.29, 0.717) is 11.0 Å². The largest absolute Gasteiger partial charge is 0.448 e. The molecule has 0 aliphatic rings. The van der Waals surface area contributed by atoms with Gasteiger partial charge in [0.05, 0.1) is 0 Å². The fourth-order valence-electron chi connectivity index (χ4n) is 1.56. The SMILES string of the molecule is Cc1cncc(C(NN)c2ccc(Cl)o2)c1. The maximum Gasteiger partial charge on any atom is 0.193 e. The zero-order valence-electron chi connectivity index (χ0n) is 8.77. The number of hydrazine groups is 1. The first-order chi connectivity index (χ1) is 7.70. The third kappa shape index (κ3) is 2.24. The fraction of sp³-hybridized carbons (Fsp3) is 0.182. The average Bonchev–Trinajstić information content (AvgIpc) is 2.66. The minimum atomic E-state index is -0.236. The van der Waals surface area contributed by atoms with Crippen LogP contribution in [-0.4, -0.2) is 4.98 Å². The van der Waals surface area contributed by atoms with Gasteiger partial charge in [0, 0.05) is 12.4 Å². The molecule has 2 aromatic rings. The van der Waals surface area contributed by atoms with Crippen LogP contribution >= 0.6 is 11.6 Å². The maximum atomic E-state index is 5.73. The summed E-state index contributed by atoms with van der Waals surface area (Å²) >= 11 is 5.73. The molecule has 0 saturated heterocycles. The molecule has 0 bridgehead atoms. The van der Waals surface area contributed by atoms with E-state index in [9.17, 15) is 0 Å². The molecule has 2 rings (SSSR count). The summed E-state index contributed by atoms with van der Waals surface area (Å²) in [6.45, 7) is 1.97. The van der Waals surface area contributed by atoms with E-state index in [0.717, 1.165) is 11.1 Å². The number of hydrogen-bond acceptors (Lipinski definition) is 4. The summed E-state index contributed by atoms with van der Waals surface area (Å²) in [4.78, 5) is 4.12. The molecule has 0 saturated carbocycles. The molecular formula is C11H12ClN3O. The minimum absolute atomic E-state index is 0.236. The molecule has 3 N–H and O–H groups in total. The second kappa shape index (κ2) is 4.65. The normalized spacial score (nSPS) is 12.7. The Morgan fingerprint density at radius 3 is 2.81 bits per heavy atom. The fourth-order valence-corrected chi connectivity index (χ4v) is 1.71. The Morgan fingerprint density at radius 2 is 2.25 bits per heavy atom. The molecule has 16 heavy (non-hydrogen) atoms. The minimum Gasteiger partial charge on any atom is -0.448 e. The number of aryl methyl sites for hydroxylation is 1. The molecule has 0 aromatic carbocycles. The molecule has 1 atom stereocenters. The number of aromatic nitrogens is 1. The molecule has 1 unspecified atom stereocenters. The van der Waals surface area contributed by atoms with Crippen LogP contribution in [0.3, 0.4) is 0 Å². The van der Waals surface area contributed by atoms with E-state index in [-0.39, 0.29) is 6.04 Å². The van der Waals surface area contributed by atoms with E-state index in [1.807, 2.05) is 13.0 Å². The van der Waals surface area contributed by atoms with Crippen LogP contribution in [-0.2, 0) is 0 Å². The van der Waals surface area contributed by atoms with E-state index >= 15 is 0 Å². The van der Waals surface area contributed by atoms with Crippen LogP contribution in [0.15, 0.2) is 35.0 Å². The Bertz CT molecular complexity index is 484. The number of furan rings is 1. The number of nitrogens with one attached hydrogen (secondary N) is 1. The van der Waals surface area contributed by atoms with Gasteiger partial charge in [0.25, 0.3) is 0 Å². The second-order valence-corrected chi connectivity index (χ2v) is 3.91. The van der Waals surface area contributed by atoms with Gasteiger partial charge in [0.1, 0.15) is 11.8 Å². The molecular weight excluding hydrogens is 226 g/mol. The monoisotopic (exact) mass is 237 g/mol. The summed E-state index contributed by atoms with van der Waals surface area (Å²) in [6.07, 6.45) is 3.53. The van der Waals surface area contributed by atoms with Gasteiger partial charge in [-0.2, -0.15) is 0 Å². The standard InChI is InChI=1S/C11H12ClN3O/c1-7-4-8(6-14-5-7)11(15-13)9-2-3-10(12)16-9/h2-6,11,15H,13H2,1H3. The zero-order chi connectivity index (χ0) is 11.5. The van der Waals surface area contributed by atoms with Gasteiger partial charge in [0.15, 0.2) is 5.22 Å². The van der Waals surface area contributed by atoms with Crippen LogP contribution in [0.25, 0.3) is 0 Å². The topological polar surface area (TPSA) is 64.1 Å². The van der Waals surface area contributed by atoms with Gasteiger partial charge in [-0.05, 0) is 41.8 Å². The lowest BCUT2D eigenvalue weighted by Gasteiger charge is -2.13. The second-order valence-electron chi connectivity index (χ2n) is 3.54. The number of halogens is 1. The van der Waals surface area contributed by atoms with Crippen molar-refractivity contribution in [1.29, 1.82) is 0 Å². The van der Waals surface area contributed by atoms with Gasteiger partial charge in [0.2, 0.25) is 0 Å². The lowest BCUT2D eigenvalue weighted by Crippen LogP contribution is -2.28. The first-order valence-electron chi connectivity index (χ1n) is 4.83. The average molecular weight is 238 g/mol. The number of hydrogen-bond donors (Lipinski definition) is 2. The van der Waals surface area contributed by atoms with Crippen LogP contribution in [0, 0.1) is 6.92 Å². The summed E-state index contributed by atoms with van der Waals surface area (Å²) in [5.41, 5.74) is 4.69. The molecule has 0 fully saturated rings. The number of pyridine rings is 1. The number of nitrogens with two attached hydrogens (primary N) is 1. The molecule has 0 radical (unpaired) electrons. The van der Waals surface area contributed by atoms with E-state index in [2.05, 4.69) is 10.4 Å². The summed E-state index contributed by atoms with van der Waals surface area (Å²) in [7, 11) is 0. The highest BCUT2D eigenvalue weighted by Crippen LogP contribution is 2.25. The highest BCUT2D eigenvalue weighted by Gasteiger charge is 2.16. The van der Waals surface area contributed by atoms with Crippen molar-refractivity contribution >= 4 is 11.6 Å². The van der Waals surface area contributed by atoms with Crippen molar-refractivity contribution in [2.75, 3.05) is 0 Å². The van der Waals surface area contributed by atoms with Gasteiger partial charge in [-0.3, -0.25) is 10.8 Å². The molecule has 4 nitrogen and oxygen atoms in total. The molecule has 84 valence electrons. The Balaban J connectivity index is 2.36. The summed E-state index contributed by atoms with van der Waals surface area (Å²) in [5, 5.41) is 0.343. The van der Waals surface area contributed by atoms with Crippen LogP contribution in [0.2, 0.25) is 5.22 Å². The first-order valence-corrected chi connectivity index (χ1v) is 5.21. The maximum absolute atomic E-state index is 5.73. The van der Waals surface area contributed by atoms with Gasteiger partial charge in [-0.15, -0.1) is 0 Å². The Morgan fingerprint density at radius 1 is 1.44 bits per heavy atom. The van der Waals surface area contributed by atoms with E-state index in [1.54, 1.807) is 24.5 Å². The highest BCUT2D eigenvalue weighted by molar-refractivity contribution is 6.28. The van der Waals surface area contributed by atoms with Crippen molar-refractivity contribution in [3.8, 4) is 0 Å². The first kappa shape index (κ1) is 11.1. The van der Waals surface area contributed by atoms with Crippen LogP contribution in [0.4, 0.5) is 0 Å². The highest BCUT2D eigenvalue weighted by atomic mass is 35.5. The molecule has 0 aliphatic carbocycles. The van der Waals surface area contributed by atoms with Gasteiger partial charge < -0.3 is 4.42 Å². The molecule has 0 amide bonds. The lowest BCUT2D eigenvalue weighted by molar-refractivity contribution is 0.453. The predicted octanol–water partition coefficient (Wildman–Crippen LogP) is 2.19. The Hall–Kier alpha value is -1.36. The van der Waals surface area contributed by atoms with Crippen molar-refractivity contribution in [3.05, 3.63) is 52.7 Å². The van der Waals surface area contributed by atoms with Crippen molar-refractivity contribution < 1.29 is 4.42 Å². The van der Waals surface area contributed by atoms with Crippen molar-refractivity contribution in [2.45, 2.75) is 13.0 Å². The van der Waals surface area contributed by atoms with Crippen LogP contribution in [0.5, 0.6) is 0 Å². The summed E-state index contributed by atoms with van der Waals surface area (Å²) in [5.74, 6) is 6.18. The van der Waals surface area contributed by atoms with Gasteiger partial charge in [-0.1, -0.05) is 6.07 Å². The number of nitrogens with zero attached hydrogens (tertiary/aromatic N) is 1. The molecule has 0 spiro atoms. The van der Waals surface area contributed by atoms with Gasteiger partial charge >= 0.3 is 0 Å². The van der Waals surface area contributed by atoms with Crippen LogP contribution < -0.4 is 11.3 Å². The van der Waals surface area contributed by atoms with Crippen LogP contribution in [0.1, 0.15) is 22.9 Å². The zero-order valence-corrected chi connectivity index (χ0v) is 9.53. The molecule has 0 aliphatic heterocycles. The molecule has 5 heteroatoms. The Kier molecular flexibility index (Phi) is 3.24. The predicted molar refractivity (Wildman–Crippen MR) is 61.9 cm³/mol. The molecule has 2 aromatic heterocycles. The molecule has 2 heterocycles. The quantitative estimate of drug-likeness (QED) is 0.635. The van der Waals surface area contributed by atoms with Crippen molar-refractivity contribution in [1.82, 2.24) is 10.4 Å². The third-order valence-electron chi connectivity index (χ3n) is 2.27.